The molecule has 0 bridgehead atoms. The largest absolute Gasteiger partial charge is 0.397 e. The Morgan fingerprint density at radius 3 is 2.86 bits per heavy atom. The first-order chi connectivity index (χ1) is 6.74. The van der Waals surface area contributed by atoms with Gasteiger partial charge in [-0.2, -0.15) is 5.26 Å². The number of anilines is 1. The maximum absolute atomic E-state index is 8.88. The maximum Gasteiger partial charge on any atom is 0.122 e. The summed E-state index contributed by atoms with van der Waals surface area (Å²) in [5.41, 5.74) is 8.10. The molecule has 0 aliphatic rings. The van der Waals surface area contributed by atoms with E-state index in [1.54, 1.807) is 13.2 Å². The van der Waals surface area contributed by atoms with Crippen LogP contribution < -0.4 is 5.73 Å². The number of rotatable bonds is 4. The molecule has 1 aromatic rings. The van der Waals surface area contributed by atoms with Gasteiger partial charge in [0, 0.05) is 19.3 Å². The topological polar surface area (TPSA) is 64.0 Å². The number of methoxy groups -OCH3 is 1. The standard InChI is InChI=1S/C10H15N3O/c1-3-10-9(12)6-8(7-11)13(10)4-5-14-2/h6H,3-5,12H2,1-2H3. The monoisotopic (exact) mass is 193 g/mol. The fourth-order valence-corrected chi connectivity index (χ4v) is 1.54. The molecule has 1 heterocycles. The Bertz CT molecular complexity index is 349. The molecule has 2 N–H and O–H groups in total. The molecule has 0 saturated heterocycles. The smallest absolute Gasteiger partial charge is 0.122 e. The predicted octanol–water partition coefficient (Wildman–Crippen LogP) is 1.15. The maximum atomic E-state index is 8.88. The second-order valence-corrected chi connectivity index (χ2v) is 3.04. The van der Waals surface area contributed by atoms with Crippen molar-refractivity contribution >= 4 is 5.69 Å². The minimum Gasteiger partial charge on any atom is -0.397 e. The Morgan fingerprint density at radius 2 is 2.36 bits per heavy atom. The molecule has 1 rings (SSSR count). The van der Waals surface area contributed by atoms with Crippen LogP contribution in [-0.4, -0.2) is 18.3 Å². The van der Waals surface area contributed by atoms with Crippen molar-refractivity contribution in [1.82, 2.24) is 4.57 Å². The second kappa shape index (κ2) is 4.68. The van der Waals surface area contributed by atoms with Crippen LogP contribution in [0.3, 0.4) is 0 Å². The molecule has 0 aliphatic heterocycles. The fourth-order valence-electron chi connectivity index (χ4n) is 1.54. The lowest BCUT2D eigenvalue weighted by atomic mass is 10.3. The number of ether oxygens (including phenoxy) is 1. The number of nitrogens with zero attached hydrogens (tertiary/aromatic N) is 2. The quantitative estimate of drug-likeness (QED) is 0.780. The molecule has 0 fully saturated rings. The molecule has 0 aromatic carbocycles. The molecule has 76 valence electrons. The first-order valence-electron chi connectivity index (χ1n) is 4.61. The minimum atomic E-state index is 0.593. The highest BCUT2D eigenvalue weighted by Crippen LogP contribution is 2.18. The van der Waals surface area contributed by atoms with E-state index in [0.29, 0.717) is 24.5 Å². The van der Waals surface area contributed by atoms with Gasteiger partial charge in [0.2, 0.25) is 0 Å². The molecule has 0 spiro atoms. The predicted molar refractivity (Wildman–Crippen MR) is 54.8 cm³/mol. The molecule has 14 heavy (non-hydrogen) atoms. The zero-order valence-electron chi connectivity index (χ0n) is 8.58. The van der Waals surface area contributed by atoms with Gasteiger partial charge in [0.1, 0.15) is 11.8 Å². The van der Waals surface area contributed by atoms with Crippen molar-refractivity contribution in [1.29, 1.82) is 5.26 Å². The van der Waals surface area contributed by atoms with Gasteiger partial charge in [-0.05, 0) is 12.5 Å². The number of hydrogen-bond donors (Lipinski definition) is 1. The van der Waals surface area contributed by atoms with Crippen LogP contribution in [-0.2, 0) is 17.7 Å². The van der Waals surface area contributed by atoms with Crippen LogP contribution in [0.25, 0.3) is 0 Å². The van der Waals surface area contributed by atoms with E-state index in [0.717, 1.165) is 12.1 Å². The van der Waals surface area contributed by atoms with E-state index in [-0.39, 0.29) is 0 Å². The molecule has 4 nitrogen and oxygen atoms in total. The lowest BCUT2D eigenvalue weighted by Crippen LogP contribution is -2.09. The Kier molecular flexibility index (Phi) is 3.55. The van der Waals surface area contributed by atoms with Crippen LogP contribution in [0, 0.1) is 11.3 Å². The Morgan fingerprint density at radius 1 is 1.64 bits per heavy atom. The molecular formula is C10H15N3O. The summed E-state index contributed by atoms with van der Waals surface area (Å²) in [4.78, 5) is 0. The number of nitrogens with two attached hydrogens (primary N) is 1. The van der Waals surface area contributed by atoms with Crippen LogP contribution in [0.5, 0.6) is 0 Å². The van der Waals surface area contributed by atoms with E-state index in [4.69, 9.17) is 15.7 Å². The van der Waals surface area contributed by atoms with E-state index in [1.807, 2.05) is 11.5 Å². The lowest BCUT2D eigenvalue weighted by Gasteiger charge is -2.08. The van der Waals surface area contributed by atoms with Crippen molar-refractivity contribution in [2.24, 2.45) is 0 Å². The second-order valence-electron chi connectivity index (χ2n) is 3.04. The minimum absolute atomic E-state index is 0.593. The van der Waals surface area contributed by atoms with Crippen molar-refractivity contribution in [2.45, 2.75) is 19.9 Å². The summed E-state index contributed by atoms with van der Waals surface area (Å²) in [5.74, 6) is 0. The van der Waals surface area contributed by atoms with E-state index in [9.17, 15) is 0 Å². The molecular weight excluding hydrogens is 178 g/mol. The Balaban J connectivity index is 3.03. The summed E-state index contributed by atoms with van der Waals surface area (Å²) in [7, 11) is 1.64. The van der Waals surface area contributed by atoms with Gasteiger partial charge in [-0.3, -0.25) is 0 Å². The summed E-state index contributed by atoms with van der Waals surface area (Å²) in [6.45, 7) is 3.30. The summed E-state index contributed by atoms with van der Waals surface area (Å²) in [6.07, 6.45) is 0.831. The van der Waals surface area contributed by atoms with Crippen molar-refractivity contribution in [3.63, 3.8) is 0 Å². The van der Waals surface area contributed by atoms with Gasteiger partial charge in [0.25, 0.3) is 0 Å². The van der Waals surface area contributed by atoms with E-state index >= 15 is 0 Å². The SMILES string of the molecule is CCc1c(N)cc(C#N)n1CCOC. The van der Waals surface area contributed by atoms with Crippen LogP contribution >= 0.6 is 0 Å². The zero-order chi connectivity index (χ0) is 10.6. The highest BCUT2D eigenvalue weighted by molar-refractivity contribution is 5.50. The van der Waals surface area contributed by atoms with Gasteiger partial charge in [0.15, 0.2) is 0 Å². The third kappa shape index (κ3) is 1.88. The average molecular weight is 193 g/mol. The molecule has 0 unspecified atom stereocenters. The molecule has 0 saturated carbocycles. The number of hydrogen-bond acceptors (Lipinski definition) is 3. The van der Waals surface area contributed by atoms with Gasteiger partial charge in [-0.15, -0.1) is 0 Å². The van der Waals surface area contributed by atoms with Gasteiger partial charge in [0.05, 0.1) is 12.3 Å². The molecule has 4 heteroatoms. The highest BCUT2D eigenvalue weighted by atomic mass is 16.5. The van der Waals surface area contributed by atoms with Crippen LogP contribution in [0.1, 0.15) is 18.3 Å². The molecule has 1 aromatic heterocycles. The van der Waals surface area contributed by atoms with E-state index < -0.39 is 0 Å². The third-order valence-electron chi connectivity index (χ3n) is 2.21. The molecule has 0 amide bonds. The Hall–Kier alpha value is -1.47. The van der Waals surface area contributed by atoms with Crippen LogP contribution in [0.4, 0.5) is 5.69 Å². The van der Waals surface area contributed by atoms with Gasteiger partial charge in [-0.1, -0.05) is 6.92 Å². The summed E-state index contributed by atoms with van der Waals surface area (Å²) < 4.78 is 6.90. The Labute approximate surface area is 83.9 Å². The fraction of sp³-hybridized carbons (Fsp3) is 0.500. The number of nitriles is 1. The zero-order valence-corrected chi connectivity index (χ0v) is 8.58. The lowest BCUT2D eigenvalue weighted by molar-refractivity contribution is 0.186. The number of nitrogen functional groups attached to an aromatic ring is 1. The first kappa shape index (κ1) is 10.6. The van der Waals surface area contributed by atoms with Gasteiger partial charge >= 0.3 is 0 Å². The van der Waals surface area contributed by atoms with Crippen LogP contribution in [0.2, 0.25) is 0 Å². The summed E-state index contributed by atoms with van der Waals surface area (Å²) in [6, 6.07) is 3.84. The van der Waals surface area contributed by atoms with E-state index in [1.165, 1.54) is 0 Å². The summed E-state index contributed by atoms with van der Waals surface area (Å²) >= 11 is 0. The summed E-state index contributed by atoms with van der Waals surface area (Å²) in [5, 5.41) is 8.88. The first-order valence-corrected chi connectivity index (χ1v) is 4.61. The average Bonchev–Trinajstić information content (AvgIpc) is 2.50. The van der Waals surface area contributed by atoms with Crippen molar-refractivity contribution in [2.75, 3.05) is 19.5 Å². The van der Waals surface area contributed by atoms with Gasteiger partial charge < -0.3 is 15.0 Å². The number of aromatic nitrogens is 1. The molecule has 0 radical (unpaired) electrons. The van der Waals surface area contributed by atoms with Crippen molar-refractivity contribution in [3.8, 4) is 6.07 Å². The van der Waals surface area contributed by atoms with Crippen molar-refractivity contribution in [3.05, 3.63) is 17.5 Å². The molecule has 0 aliphatic carbocycles. The van der Waals surface area contributed by atoms with Gasteiger partial charge in [-0.25, -0.2) is 0 Å². The third-order valence-corrected chi connectivity index (χ3v) is 2.21. The molecule has 0 atom stereocenters. The van der Waals surface area contributed by atoms with Crippen molar-refractivity contribution < 1.29 is 4.74 Å². The van der Waals surface area contributed by atoms with E-state index in [2.05, 4.69) is 6.07 Å². The highest BCUT2D eigenvalue weighted by Gasteiger charge is 2.10. The normalized spacial score (nSPS) is 10.1. The van der Waals surface area contributed by atoms with Crippen LogP contribution in [0.15, 0.2) is 6.07 Å².